The molecule has 1 saturated heterocycles. The number of allylic oxidation sites excluding steroid dienone is 2. The Morgan fingerprint density at radius 3 is 2.09 bits per heavy atom. The van der Waals surface area contributed by atoms with Crippen molar-refractivity contribution in [1.82, 2.24) is 0 Å². The van der Waals surface area contributed by atoms with Crippen molar-refractivity contribution < 1.29 is 51.3 Å². The van der Waals surface area contributed by atoms with Gasteiger partial charge in [0.05, 0.1) is 41.4 Å². The molecule has 1 fully saturated rings. The van der Waals surface area contributed by atoms with Crippen LogP contribution >= 0.6 is 0 Å². The van der Waals surface area contributed by atoms with E-state index in [-0.39, 0.29) is 24.7 Å². The van der Waals surface area contributed by atoms with Crippen LogP contribution in [-0.2, 0) is 21.9 Å². The molecule has 0 spiro atoms. The highest BCUT2D eigenvalue weighted by Crippen LogP contribution is 2.48. The van der Waals surface area contributed by atoms with Gasteiger partial charge in [0.15, 0.2) is 0 Å². The zero-order chi connectivity index (χ0) is 31.9. The first-order chi connectivity index (χ1) is 20.1. The fourth-order valence-corrected chi connectivity index (χ4v) is 6.07. The number of phenols is 1. The largest absolute Gasteiger partial charge is 0.508 e. The average Bonchev–Trinajstić information content (AvgIpc) is 3.18. The minimum atomic E-state index is -5.17. The summed E-state index contributed by atoms with van der Waals surface area (Å²) in [5, 5.41) is 31.0. The molecule has 0 saturated carbocycles. The first-order valence-electron chi connectivity index (χ1n) is 13.7. The molecule has 2 aromatic rings. The summed E-state index contributed by atoms with van der Waals surface area (Å²) in [6, 6.07) is 7.12. The molecule has 1 heterocycles. The standard InChI is InChI=1S/C31H31F6NO5/c1-3-17(11-18-4-7-22(40)8-5-18)6-9-25(41)26-16(2)10-23-27(24(26)15-39)29(43)38(28(23)42)21-13-19(30(32,33)34)12-20(14-21)31(35,36)37/h4-5,7-8,11-14,23-25,27,39-41H,3,6,9-10,15H2,1-2H3/b17-11+/t23-,24+,25-,27-/m1/s1. The molecular formula is C31H31F6NO5. The lowest BCUT2D eigenvalue weighted by atomic mass is 9.68. The number of halogens is 6. The van der Waals surface area contributed by atoms with Crippen molar-refractivity contribution in [2.45, 2.75) is 58.0 Å². The maximum absolute atomic E-state index is 13.6. The molecule has 0 radical (unpaired) electrons. The molecule has 4 atom stereocenters. The van der Waals surface area contributed by atoms with Gasteiger partial charge in [0.25, 0.3) is 0 Å². The number of amides is 2. The van der Waals surface area contributed by atoms with Gasteiger partial charge in [0.2, 0.25) is 11.8 Å². The smallest absolute Gasteiger partial charge is 0.416 e. The van der Waals surface area contributed by atoms with Crippen LogP contribution in [0.3, 0.4) is 0 Å². The number of aliphatic hydroxyl groups is 2. The molecule has 43 heavy (non-hydrogen) atoms. The molecule has 12 heteroatoms. The van der Waals surface area contributed by atoms with Crippen molar-refractivity contribution >= 4 is 23.6 Å². The molecule has 0 bridgehead atoms. The van der Waals surface area contributed by atoms with Crippen molar-refractivity contribution in [1.29, 1.82) is 0 Å². The minimum absolute atomic E-state index is 0.0519. The van der Waals surface area contributed by atoms with E-state index in [0.717, 1.165) is 11.1 Å². The highest BCUT2D eigenvalue weighted by Gasteiger charge is 2.55. The fraction of sp³-hybridized carbons (Fsp3) is 0.419. The first kappa shape index (κ1) is 32.3. The molecule has 0 unspecified atom stereocenters. The normalized spacial score (nSPS) is 22.3. The second-order valence-electron chi connectivity index (χ2n) is 10.9. The van der Waals surface area contributed by atoms with Crippen LogP contribution in [0.2, 0.25) is 0 Å². The Labute approximate surface area is 243 Å². The van der Waals surface area contributed by atoms with Gasteiger partial charge in [-0.25, -0.2) is 4.90 Å². The quantitative estimate of drug-likeness (QED) is 0.180. The number of fused-ring (bicyclic) bond motifs is 1. The summed E-state index contributed by atoms with van der Waals surface area (Å²) >= 11 is 0. The summed E-state index contributed by atoms with van der Waals surface area (Å²) in [5.41, 5.74) is -1.50. The van der Waals surface area contributed by atoms with Crippen LogP contribution in [0.1, 0.15) is 56.2 Å². The summed E-state index contributed by atoms with van der Waals surface area (Å²) in [4.78, 5) is 27.3. The number of hydrogen-bond donors (Lipinski definition) is 3. The van der Waals surface area contributed by atoms with E-state index >= 15 is 0 Å². The van der Waals surface area contributed by atoms with E-state index < -0.39 is 71.4 Å². The maximum Gasteiger partial charge on any atom is 0.416 e. The van der Waals surface area contributed by atoms with Gasteiger partial charge in [-0.05, 0) is 74.1 Å². The number of alkyl halides is 6. The SMILES string of the molecule is CC/C(=C\c1ccc(O)cc1)CC[C@@H](O)C1=C(C)C[C@H]2C(=O)N(c3cc(C(F)(F)F)cc(C(F)(F)F)c3)C(=O)[C@H]2[C@H]1CO. The third-order valence-corrected chi connectivity index (χ3v) is 8.17. The number of hydrogen-bond acceptors (Lipinski definition) is 5. The zero-order valence-corrected chi connectivity index (χ0v) is 23.3. The Morgan fingerprint density at radius 1 is 1.00 bits per heavy atom. The third kappa shape index (κ3) is 6.65. The molecule has 3 N–H and O–H groups in total. The Bertz CT molecular complexity index is 1410. The Balaban J connectivity index is 1.62. The maximum atomic E-state index is 13.6. The lowest BCUT2D eigenvalue weighted by Gasteiger charge is -2.35. The molecule has 4 rings (SSSR count). The highest BCUT2D eigenvalue weighted by molar-refractivity contribution is 6.22. The van der Waals surface area contributed by atoms with Gasteiger partial charge in [0, 0.05) is 5.92 Å². The van der Waals surface area contributed by atoms with E-state index in [2.05, 4.69) is 0 Å². The second kappa shape index (κ2) is 12.2. The number of carbonyl (C=O) groups excluding carboxylic acids is 2. The van der Waals surface area contributed by atoms with E-state index in [1.54, 1.807) is 31.2 Å². The lowest BCUT2D eigenvalue weighted by Crippen LogP contribution is -2.38. The van der Waals surface area contributed by atoms with Gasteiger partial charge in [-0.2, -0.15) is 26.3 Å². The first-order valence-corrected chi connectivity index (χ1v) is 13.7. The zero-order valence-electron chi connectivity index (χ0n) is 23.3. The van der Waals surface area contributed by atoms with Crippen LogP contribution in [-0.4, -0.2) is 39.8 Å². The Hall–Kier alpha value is -3.64. The number of benzene rings is 2. The number of phenolic OH excluding ortho intramolecular Hbond substituents is 1. The van der Waals surface area contributed by atoms with Crippen LogP contribution in [0.5, 0.6) is 5.75 Å². The Morgan fingerprint density at radius 2 is 1.58 bits per heavy atom. The summed E-state index contributed by atoms with van der Waals surface area (Å²) in [6.07, 6.45) is -8.33. The molecule has 2 aromatic carbocycles. The predicted octanol–water partition coefficient (Wildman–Crippen LogP) is 6.50. The Kier molecular flexibility index (Phi) is 9.13. The van der Waals surface area contributed by atoms with E-state index in [1.807, 2.05) is 13.0 Å². The van der Waals surface area contributed by atoms with Crippen molar-refractivity contribution in [3.63, 3.8) is 0 Å². The molecule has 2 amide bonds. The van der Waals surface area contributed by atoms with E-state index in [0.29, 0.717) is 41.0 Å². The van der Waals surface area contributed by atoms with E-state index in [9.17, 15) is 51.3 Å². The van der Waals surface area contributed by atoms with Gasteiger partial charge >= 0.3 is 12.4 Å². The number of anilines is 1. The van der Waals surface area contributed by atoms with Gasteiger partial charge < -0.3 is 15.3 Å². The number of aliphatic hydroxyl groups excluding tert-OH is 2. The molecule has 232 valence electrons. The third-order valence-electron chi connectivity index (χ3n) is 8.17. The topological polar surface area (TPSA) is 98.1 Å². The minimum Gasteiger partial charge on any atom is -0.508 e. The summed E-state index contributed by atoms with van der Waals surface area (Å²) in [6.45, 7) is 2.88. The highest BCUT2D eigenvalue weighted by atomic mass is 19.4. The molecule has 6 nitrogen and oxygen atoms in total. The number of aromatic hydroxyl groups is 1. The number of carbonyl (C=O) groups is 2. The summed E-state index contributed by atoms with van der Waals surface area (Å²) in [5.74, 6) is -5.32. The predicted molar refractivity (Wildman–Crippen MR) is 145 cm³/mol. The summed E-state index contributed by atoms with van der Waals surface area (Å²) in [7, 11) is 0. The number of nitrogens with zero attached hydrogens (tertiary/aromatic N) is 1. The fourth-order valence-electron chi connectivity index (χ4n) is 6.07. The van der Waals surface area contributed by atoms with Crippen molar-refractivity contribution in [2.75, 3.05) is 11.5 Å². The lowest BCUT2D eigenvalue weighted by molar-refractivity contribution is -0.143. The molecule has 1 aliphatic carbocycles. The van der Waals surface area contributed by atoms with Crippen LogP contribution in [0.25, 0.3) is 6.08 Å². The molecular weight excluding hydrogens is 580 g/mol. The number of imide groups is 1. The van der Waals surface area contributed by atoms with Crippen LogP contribution in [0.4, 0.5) is 32.0 Å². The van der Waals surface area contributed by atoms with Crippen LogP contribution < -0.4 is 4.90 Å². The monoisotopic (exact) mass is 611 g/mol. The average molecular weight is 612 g/mol. The van der Waals surface area contributed by atoms with Crippen LogP contribution in [0.15, 0.2) is 59.2 Å². The molecule has 2 aliphatic rings. The summed E-state index contributed by atoms with van der Waals surface area (Å²) < 4.78 is 80.9. The van der Waals surface area contributed by atoms with Crippen LogP contribution in [0, 0.1) is 17.8 Å². The molecule has 0 aromatic heterocycles. The van der Waals surface area contributed by atoms with Gasteiger partial charge in [0.1, 0.15) is 5.75 Å². The second-order valence-corrected chi connectivity index (χ2v) is 10.9. The van der Waals surface area contributed by atoms with Crippen molar-refractivity contribution in [2.24, 2.45) is 17.8 Å². The number of rotatable bonds is 8. The van der Waals surface area contributed by atoms with Gasteiger partial charge in [-0.1, -0.05) is 36.3 Å². The van der Waals surface area contributed by atoms with Gasteiger partial charge in [-0.15, -0.1) is 0 Å². The van der Waals surface area contributed by atoms with Crippen molar-refractivity contribution in [3.8, 4) is 5.75 Å². The van der Waals surface area contributed by atoms with E-state index in [1.165, 1.54) is 0 Å². The van der Waals surface area contributed by atoms with Crippen molar-refractivity contribution in [3.05, 3.63) is 75.9 Å². The molecule has 1 aliphatic heterocycles. The van der Waals surface area contributed by atoms with Gasteiger partial charge in [-0.3, -0.25) is 9.59 Å². The van der Waals surface area contributed by atoms with E-state index in [4.69, 9.17) is 0 Å².